The minimum atomic E-state index is -1.27. The molecule has 2 fully saturated rings. The summed E-state index contributed by atoms with van der Waals surface area (Å²) in [6, 6.07) is 9.68. The molecule has 0 saturated carbocycles. The van der Waals surface area contributed by atoms with E-state index in [2.05, 4.69) is 18.5 Å². The minimum Gasteiger partial charge on any atom is -0.457 e. The molecule has 7 heteroatoms. The van der Waals surface area contributed by atoms with Crippen LogP contribution in [0.2, 0.25) is 0 Å². The van der Waals surface area contributed by atoms with Gasteiger partial charge in [-0.15, -0.1) is 6.58 Å². The summed E-state index contributed by atoms with van der Waals surface area (Å²) in [5, 5.41) is 23.2. The number of aliphatic hydroxyl groups is 2. The van der Waals surface area contributed by atoms with E-state index in [-0.39, 0.29) is 29.8 Å². The van der Waals surface area contributed by atoms with Crippen LogP contribution >= 0.6 is 0 Å². The highest BCUT2D eigenvalue weighted by Crippen LogP contribution is 2.46. The summed E-state index contributed by atoms with van der Waals surface area (Å²) in [5.74, 6) is -1.70. The van der Waals surface area contributed by atoms with Crippen molar-refractivity contribution in [2.45, 2.75) is 96.2 Å². The first-order chi connectivity index (χ1) is 18.0. The second-order valence-electron chi connectivity index (χ2n) is 11.9. The number of ether oxygens (including phenoxy) is 2. The Labute approximate surface area is 225 Å². The number of rotatable bonds is 3. The largest absolute Gasteiger partial charge is 0.457 e. The minimum absolute atomic E-state index is 0.0793. The third kappa shape index (κ3) is 6.00. The molecule has 2 aliphatic heterocycles. The number of aromatic nitrogens is 1. The Morgan fingerprint density at radius 1 is 1.18 bits per heavy atom. The summed E-state index contributed by atoms with van der Waals surface area (Å²) >= 11 is 0. The molecule has 0 aliphatic carbocycles. The summed E-state index contributed by atoms with van der Waals surface area (Å²) in [7, 11) is 0. The first kappa shape index (κ1) is 28.4. The molecular weight excluding hydrogens is 482 g/mol. The molecule has 2 aromatic rings. The molecule has 7 nitrogen and oxygen atoms in total. The van der Waals surface area contributed by atoms with Gasteiger partial charge in [-0.05, 0) is 49.8 Å². The monoisotopic (exact) mass is 523 g/mol. The number of aliphatic hydroxyl groups excluding tert-OH is 2. The molecule has 0 radical (unpaired) electrons. The average molecular weight is 524 g/mol. The van der Waals surface area contributed by atoms with Crippen LogP contribution in [0.5, 0.6) is 0 Å². The van der Waals surface area contributed by atoms with Crippen LogP contribution in [0.25, 0.3) is 10.9 Å². The van der Waals surface area contributed by atoms with Crippen LogP contribution in [-0.4, -0.2) is 50.9 Å². The number of cyclic esters (lactones) is 1. The van der Waals surface area contributed by atoms with Gasteiger partial charge in [-0.1, -0.05) is 51.5 Å². The number of epoxide rings is 1. The zero-order chi connectivity index (χ0) is 27.7. The van der Waals surface area contributed by atoms with E-state index >= 15 is 0 Å². The van der Waals surface area contributed by atoms with Crippen molar-refractivity contribution in [3.05, 3.63) is 54.7 Å². The first-order valence-electron chi connectivity index (χ1n) is 13.7. The lowest BCUT2D eigenvalue weighted by molar-refractivity contribution is -0.156. The molecule has 206 valence electrons. The quantitative estimate of drug-likeness (QED) is 0.328. The van der Waals surface area contributed by atoms with Crippen LogP contribution in [0.1, 0.15) is 77.9 Å². The molecule has 2 saturated heterocycles. The highest BCUT2D eigenvalue weighted by molar-refractivity contribution is 5.88. The number of ketones is 1. The fourth-order valence-corrected chi connectivity index (χ4v) is 5.72. The number of esters is 1. The van der Waals surface area contributed by atoms with Crippen molar-refractivity contribution in [2.24, 2.45) is 17.3 Å². The predicted molar refractivity (Wildman–Crippen MR) is 145 cm³/mol. The zero-order valence-corrected chi connectivity index (χ0v) is 22.9. The van der Waals surface area contributed by atoms with Crippen molar-refractivity contribution < 1.29 is 29.3 Å². The fraction of sp³-hybridized carbons (Fsp3) is 0.581. The third-order valence-corrected chi connectivity index (χ3v) is 8.65. The average Bonchev–Trinajstić information content (AvgIpc) is 3.53. The summed E-state index contributed by atoms with van der Waals surface area (Å²) in [5.41, 5.74) is 0.0287. The number of benzene rings is 1. The maximum absolute atomic E-state index is 13.6. The normalized spacial score (nSPS) is 34.8. The Morgan fingerprint density at radius 2 is 1.95 bits per heavy atom. The van der Waals surface area contributed by atoms with Gasteiger partial charge in [0.1, 0.15) is 11.9 Å². The number of Topliss-reactive ketones (excluding diaryl/α,β-unsaturated/α-hetero) is 1. The Hall–Kier alpha value is -2.61. The Bertz CT molecular complexity index is 1180. The molecule has 4 rings (SSSR count). The van der Waals surface area contributed by atoms with Gasteiger partial charge >= 0.3 is 5.97 Å². The van der Waals surface area contributed by atoms with Crippen LogP contribution in [0.15, 0.2) is 49.2 Å². The van der Waals surface area contributed by atoms with E-state index in [0.717, 1.165) is 35.7 Å². The summed E-state index contributed by atoms with van der Waals surface area (Å²) in [4.78, 5) is 31.2. The molecule has 3 heterocycles. The number of hydrogen-bond donors (Lipinski definition) is 2. The van der Waals surface area contributed by atoms with Crippen LogP contribution in [0.3, 0.4) is 0 Å². The molecule has 0 bridgehead atoms. The van der Waals surface area contributed by atoms with Gasteiger partial charge in [0.15, 0.2) is 0 Å². The smallest absolute Gasteiger partial charge is 0.309 e. The van der Waals surface area contributed by atoms with Crippen LogP contribution in [0.4, 0.5) is 0 Å². The first-order valence-corrected chi connectivity index (χ1v) is 13.7. The lowest BCUT2D eigenvalue weighted by Crippen LogP contribution is -2.46. The van der Waals surface area contributed by atoms with E-state index in [1.165, 1.54) is 0 Å². The molecule has 7 atom stereocenters. The summed E-state index contributed by atoms with van der Waals surface area (Å²) in [6.45, 7) is 11.0. The SMILES string of the molecule is C=CCC1C(=O)C(C)(C)C(O)CC(=O)OC(c2ccc3cccnc3c2)CC2O[C@]2(C)CCCC(C)C1O. The molecule has 0 spiro atoms. The van der Waals surface area contributed by atoms with Gasteiger partial charge in [0, 0.05) is 23.9 Å². The van der Waals surface area contributed by atoms with Crippen molar-refractivity contribution in [3.8, 4) is 0 Å². The standard InChI is InChI=1S/C31H41NO6/c1-6-9-22-28(35)19(2)10-7-14-31(5)26(38-31)17-24(21-13-12-20-11-8-15-32-23(20)16-21)37-27(34)18-25(33)30(3,4)29(22)36/h6,8,11-13,15-16,19,22,24-26,28,33,35H,1,7,9-10,14,17-18H2,2-5H3/t19?,22?,24?,25?,26?,28?,31-/m1/s1. The number of hydrogen-bond acceptors (Lipinski definition) is 7. The van der Waals surface area contributed by atoms with Crippen molar-refractivity contribution in [3.63, 3.8) is 0 Å². The van der Waals surface area contributed by atoms with E-state index in [0.29, 0.717) is 12.8 Å². The summed E-state index contributed by atoms with van der Waals surface area (Å²) in [6.07, 6.45) is 3.37. The topological polar surface area (TPSA) is 109 Å². The number of carbonyl (C=O) groups excluding carboxylic acids is 2. The highest BCUT2D eigenvalue weighted by Gasteiger charge is 2.53. The van der Waals surface area contributed by atoms with Gasteiger partial charge in [0.25, 0.3) is 0 Å². The number of carbonyl (C=O) groups is 2. The van der Waals surface area contributed by atoms with Gasteiger partial charge in [0.2, 0.25) is 0 Å². The summed E-state index contributed by atoms with van der Waals surface area (Å²) < 4.78 is 12.1. The lowest BCUT2D eigenvalue weighted by atomic mass is 9.71. The molecule has 1 aromatic heterocycles. The highest BCUT2D eigenvalue weighted by atomic mass is 16.6. The Balaban J connectivity index is 1.63. The number of fused-ring (bicyclic) bond motifs is 2. The fourth-order valence-electron chi connectivity index (χ4n) is 5.72. The molecular formula is C31H41NO6. The van der Waals surface area contributed by atoms with Crippen molar-refractivity contribution >= 4 is 22.7 Å². The molecule has 0 amide bonds. The van der Waals surface area contributed by atoms with E-state index in [1.54, 1.807) is 26.1 Å². The molecule has 6 unspecified atom stereocenters. The van der Waals surface area contributed by atoms with Crippen LogP contribution in [0, 0.1) is 17.3 Å². The van der Waals surface area contributed by atoms with Gasteiger partial charge in [-0.3, -0.25) is 14.6 Å². The van der Waals surface area contributed by atoms with E-state index in [4.69, 9.17) is 9.47 Å². The van der Waals surface area contributed by atoms with E-state index in [9.17, 15) is 19.8 Å². The van der Waals surface area contributed by atoms with Gasteiger partial charge in [-0.2, -0.15) is 0 Å². The molecule has 2 N–H and O–H groups in total. The van der Waals surface area contributed by atoms with Crippen molar-refractivity contribution in [2.75, 3.05) is 0 Å². The van der Waals surface area contributed by atoms with Crippen molar-refractivity contribution in [1.29, 1.82) is 0 Å². The number of pyridine rings is 1. The van der Waals surface area contributed by atoms with Gasteiger partial charge in [-0.25, -0.2) is 0 Å². The predicted octanol–water partition coefficient (Wildman–Crippen LogP) is 5.09. The van der Waals surface area contributed by atoms with E-state index in [1.807, 2.05) is 37.3 Å². The van der Waals surface area contributed by atoms with E-state index < -0.39 is 35.6 Å². The second-order valence-corrected chi connectivity index (χ2v) is 11.9. The number of nitrogens with zero attached hydrogens (tertiary/aromatic N) is 1. The molecule has 2 aliphatic rings. The molecule has 38 heavy (non-hydrogen) atoms. The zero-order valence-electron chi connectivity index (χ0n) is 22.9. The lowest BCUT2D eigenvalue weighted by Gasteiger charge is -2.35. The van der Waals surface area contributed by atoms with Crippen LogP contribution in [-0.2, 0) is 19.1 Å². The van der Waals surface area contributed by atoms with Crippen LogP contribution < -0.4 is 0 Å². The molecule has 1 aromatic carbocycles. The maximum Gasteiger partial charge on any atom is 0.309 e. The van der Waals surface area contributed by atoms with Gasteiger partial charge in [0.05, 0.1) is 41.3 Å². The van der Waals surface area contributed by atoms with Gasteiger partial charge < -0.3 is 19.7 Å². The Kier molecular flexibility index (Phi) is 8.40. The maximum atomic E-state index is 13.6. The Morgan fingerprint density at radius 3 is 2.68 bits per heavy atom. The second kappa shape index (κ2) is 11.2. The third-order valence-electron chi connectivity index (χ3n) is 8.65. The number of allylic oxidation sites excluding steroid dienone is 1. The van der Waals surface area contributed by atoms with Crippen molar-refractivity contribution in [1.82, 2.24) is 4.98 Å².